The van der Waals surface area contributed by atoms with E-state index in [9.17, 15) is 5.11 Å². The molecule has 1 unspecified atom stereocenters. The highest BCUT2D eigenvalue weighted by atomic mass is 16.5. The average Bonchev–Trinajstić information content (AvgIpc) is 2.72. The van der Waals surface area contributed by atoms with Crippen LogP contribution >= 0.6 is 0 Å². The van der Waals surface area contributed by atoms with E-state index < -0.39 is 5.60 Å². The molecule has 2 rings (SSSR count). The van der Waals surface area contributed by atoms with Crippen LogP contribution in [0.2, 0.25) is 0 Å². The van der Waals surface area contributed by atoms with E-state index in [1.165, 1.54) is 0 Å². The minimum absolute atomic E-state index is 0.365. The van der Waals surface area contributed by atoms with Crippen LogP contribution in [-0.2, 0) is 23.5 Å². The third-order valence-electron chi connectivity index (χ3n) is 4.47. The summed E-state index contributed by atoms with van der Waals surface area (Å²) in [4.78, 5) is 4.70. The number of aliphatic hydroxyl groups is 1. The molecule has 2 aromatic carbocycles. The molecule has 0 saturated heterocycles. The van der Waals surface area contributed by atoms with Crippen LogP contribution in [0, 0.1) is 0 Å². The second kappa shape index (κ2) is 11.5. The van der Waals surface area contributed by atoms with Gasteiger partial charge in [0.2, 0.25) is 0 Å². The lowest BCUT2D eigenvalue weighted by Crippen LogP contribution is -2.44. The number of aliphatic imine (C=N–C) groups is 1. The Morgan fingerprint density at radius 1 is 1.00 bits per heavy atom. The van der Waals surface area contributed by atoms with Crippen molar-refractivity contribution in [3.05, 3.63) is 71.3 Å². The van der Waals surface area contributed by atoms with Crippen LogP contribution in [0.5, 0.6) is 0 Å². The van der Waals surface area contributed by atoms with Gasteiger partial charge in [-0.3, -0.25) is 0 Å². The number of ether oxygens (including phenoxy) is 1. The first-order valence-corrected chi connectivity index (χ1v) is 10.0. The highest BCUT2D eigenvalue weighted by molar-refractivity contribution is 5.79. The molecule has 5 nitrogen and oxygen atoms in total. The second-order valence-electron chi connectivity index (χ2n) is 7.01. The van der Waals surface area contributed by atoms with Crippen LogP contribution in [0.4, 0.5) is 0 Å². The van der Waals surface area contributed by atoms with Crippen molar-refractivity contribution >= 4 is 5.96 Å². The highest BCUT2D eigenvalue weighted by Crippen LogP contribution is 2.19. The number of hydrogen-bond acceptors (Lipinski definition) is 3. The van der Waals surface area contributed by atoms with E-state index in [1.807, 2.05) is 49.4 Å². The summed E-state index contributed by atoms with van der Waals surface area (Å²) in [5.41, 5.74) is 2.19. The fraction of sp³-hybridized carbons (Fsp3) is 0.435. The molecule has 1 atom stereocenters. The molecule has 0 heterocycles. The Balaban J connectivity index is 2.03. The van der Waals surface area contributed by atoms with Crippen molar-refractivity contribution in [2.75, 3.05) is 19.7 Å². The van der Waals surface area contributed by atoms with Crippen LogP contribution < -0.4 is 10.6 Å². The summed E-state index contributed by atoms with van der Waals surface area (Å²) >= 11 is 0. The number of guanidine groups is 1. The van der Waals surface area contributed by atoms with Gasteiger partial charge < -0.3 is 20.5 Å². The molecule has 152 valence electrons. The van der Waals surface area contributed by atoms with E-state index in [4.69, 9.17) is 9.73 Å². The zero-order valence-electron chi connectivity index (χ0n) is 17.2. The Bertz CT molecular complexity index is 730. The number of nitrogens with one attached hydrogen (secondary N) is 2. The van der Waals surface area contributed by atoms with Crippen LogP contribution in [0.3, 0.4) is 0 Å². The van der Waals surface area contributed by atoms with Crippen molar-refractivity contribution in [3.63, 3.8) is 0 Å². The van der Waals surface area contributed by atoms with Gasteiger partial charge in [0, 0.05) is 13.2 Å². The van der Waals surface area contributed by atoms with Crippen LogP contribution in [0.1, 0.15) is 43.9 Å². The number of nitrogens with zero attached hydrogens (tertiary/aromatic N) is 1. The molecular formula is C23H33N3O2. The van der Waals surface area contributed by atoms with Crippen LogP contribution in [0.15, 0.2) is 59.6 Å². The van der Waals surface area contributed by atoms with Crippen molar-refractivity contribution in [1.29, 1.82) is 0 Å². The molecule has 0 spiro atoms. The number of hydrogen-bond donors (Lipinski definition) is 3. The predicted molar refractivity (Wildman–Crippen MR) is 115 cm³/mol. The third kappa shape index (κ3) is 6.98. The Hall–Kier alpha value is -2.37. The Kier molecular flexibility index (Phi) is 8.98. The second-order valence-corrected chi connectivity index (χ2v) is 7.01. The quantitative estimate of drug-likeness (QED) is 0.333. The van der Waals surface area contributed by atoms with Gasteiger partial charge >= 0.3 is 0 Å². The summed E-state index contributed by atoms with van der Waals surface area (Å²) in [6.07, 6.45) is 1.01. The van der Waals surface area contributed by atoms with Gasteiger partial charge in [0.15, 0.2) is 5.96 Å². The first-order chi connectivity index (χ1) is 13.6. The summed E-state index contributed by atoms with van der Waals surface area (Å²) in [6.45, 7) is 8.97. The summed E-state index contributed by atoms with van der Waals surface area (Å²) in [6, 6.07) is 17.9. The lowest BCUT2D eigenvalue weighted by Gasteiger charge is -2.25. The van der Waals surface area contributed by atoms with Crippen molar-refractivity contribution in [2.45, 2.75) is 45.9 Å². The maximum absolute atomic E-state index is 10.8. The van der Waals surface area contributed by atoms with Crippen LogP contribution in [0.25, 0.3) is 0 Å². The van der Waals surface area contributed by atoms with Gasteiger partial charge in [-0.05, 0) is 37.0 Å². The van der Waals surface area contributed by atoms with Gasteiger partial charge in [0.1, 0.15) is 5.60 Å². The smallest absolute Gasteiger partial charge is 0.191 e. The minimum atomic E-state index is -0.983. The monoisotopic (exact) mass is 383 g/mol. The van der Waals surface area contributed by atoms with Gasteiger partial charge in [-0.15, -0.1) is 0 Å². The van der Waals surface area contributed by atoms with Gasteiger partial charge in [0.05, 0.1) is 19.7 Å². The molecule has 5 heteroatoms. The lowest BCUT2D eigenvalue weighted by molar-refractivity contribution is 0.0617. The summed E-state index contributed by atoms with van der Waals surface area (Å²) in [5, 5.41) is 17.3. The highest BCUT2D eigenvalue weighted by Gasteiger charge is 2.22. The van der Waals surface area contributed by atoms with Crippen LogP contribution in [-0.4, -0.2) is 30.8 Å². The largest absolute Gasteiger partial charge is 0.384 e. The normalized spacial score (nSPS) is 13.8. The lowest BCUT2D eigenvalue weighted by atomic mass is 9.96. The Morgan fingerprint density at radius 3 is 2.36 bits per heavy atom. The summed E-state index contributed by atoms with van der Waals surface area (Å²) < 4.78 is 5.69. The first kappa shape index (κ1) is 21.9. The van der Waals surface area contributed by atoms with E-state index in [2.05, 4.69) is 29.7 Å². The van der Waals surface area contributed by atoms with E-state index in [-0.39, 0.29) is 0 Å². The fourth-order valence-corrected chi connectivity index (χ4v) is 2.84. The van der Waals surface area contributed by atoms with E-state index >= 15 is 0 Å². The molecule has 2 aromatic rings. The van der Waals surface area contributed by atoms with Gasteiger partial charge in [-0.1, -0.05) is 61.5 Å². The van der Waals surface area contributed by atoms with Crippen molar-refractivity contribution in [2.24, 2.45) is 4.99 Å². The maximum atomic E-state index is 10.8. The standard InChI is InChI=1S/C23H33N3O2/c1-4-15-28-17-20-12-10-9-11-19(20)16-25-22(24-5-2)26-18-23(3,27)21-13-7-6-8-14-21/h6-14,27H,4-5,15-18H2,1-3H3,(H2,24,25,26). The Morgan fingerprint density at radius 2 is 1.68 bits per heavy atom. The zero-order chi connectivity index (χ0) is 20.2. The van der Waals surface area contributed by atoms with Crippen molar-refractivity contribution < 1.29 is 9.84 Å². The first-order valence-electron chi connectivity index (χ1n) is 10.0. The molecule has 0 amide bonds. The minimum Gasteiger partial charge on any atom is -0.384 e. The van der Waals surface area contributed by atoms with Gasteiger partial charge in [0.25, 0.3) is 0 Å². The van der Waals surface area contributed by atoms with Gasteiger partial charge in [-0.25, -0.2) is 4.99 Å². The number of rotatable bonds is 10. The SMILES string of the molecule is CCCOCc1ccccc1CN=C(NCC)NCC(C)(O)c1ccccc1. The third-order valence-corrected chi connectivity index (χ3v) is 4.47. The average molecular weight is 384 g/mol. The van der Waals surface area contributed by atoms with E-state index in [1.54, 1.807) is 6.92 Å². The maximum Gasteiger partial charge on any atom is 0.191 e. The molecule has 3 N–H and O–H groups in total. The van der Waals surface area contributed by atoms with Gasteiger partial charge in [-0.2, -0.15) is 0 Å². The predicted octanol–water partition coefficient (Wildman–Crippen LogP) is 3.58. The molecule has 28 heavy (non-hydrogen) atoms. The Labute approximate surface area is 168 Å². The topological polar surface area (TPSA) is 65.9 Å². The van der Waals surface area contributed by atoms with E-state index in [0.717, 1.165) is 36.3 Å². The molecule has 0 aliphatic rings. The molecular weight excluding hydrogens is 350 g/mol. The number of benzene rings is 2. The molecule has 0 aromatic heterocycles. The molecule has 0 radical (unpaired) electrons. The molecule has 0 bridgehead atoms. The molecule has 0 fully saturated rings. The molecule has 0 aliphatic carbocycles. The molecule has 0 saturated carbocycles. The molecule has 0 aliphatic heterocycles. The van der Waals surface area contributed by atoms with Crippen molar-refractivity contribution in [1.82, 2.24) is 10.6 Å². The summed E-state index contributed by atoms with van der Waals surface area (Å²) in [7, 11) is 0. The van der Waals surface area contributed by atoms with E-state index in [0.29, 0.717) is 25.7 Å². The van der Waals surface area contributed by atoms with Crippen molar-refractivity contribution in [3.8, 4) is 0 Å². The fourth-order valence-electron chi connectivity index (χ4n) is 2.84. The summed E-state index contributed by atoms with van der Waals surface area (Å²) in [5.74, 6) is 0.683. The zero-order valence-corrected chi connectivity index (χ0v) is 17.2.